The van der Waals surface area contributed by atoms with Gasteiger partial charge in [0.25, 0.3) is 10.2 Å². The van der Waals surface area contributed by atoms with E-state index in [0.29, 0.717) is 25.4 Å². The third-order valence-electron chi connectivity index (χ3n) is 3.34. The van der Waals surface area contributed by atoms with E-state index in [9.17, 15) is 8.42 Å². The number of hydrogen-bond acceptors (Lipinski definition) is 2. The lowest BCUT2D eigenvalue weighted by molar-refractivity contribution is 0.304. The number of nitrogens with zero attached hydrogens (tertiary/aromatic N) is 2. The monoisotopic (exact) mass is 282 g/mol. The molecule has 0 aliphatic heterocycles. The van der Waals surface area contributed by atoms with E-state index in [4.69, 9.17) is 11.6 Å². The Bertz CT molecular complexity index is 315. The summed E-state index contributed by atoms with van der Waals surface area (Å²) in [4.78, 5) is 0. The van der Waals surface area contributed by atoms with Crippen LogP contribution in [0.5, 0.6) is 0 Å². The highest BCUT2D eigenvalue weighted by molar-refractivity contribution is 7.86. The van der Waals surface area contributed by atoms with E-state index >= 15 is 0 Å². The molecule has 0 aromatic carbocycles. The molecule has 6 heteroatoms. The van der Waals surface area contributed by atoms with Gasteiger partial charge in [-0.2, -0.15) is 17.0 Å². The van der Waals surface area contributed by atoms with E-state index in [1.807, 2.05) is 6.92 Å². The Hall–Kier alpha value is 0.160. The van der Waals surface area contributed by atoms with Crippen LogP contribution in [0.15, 0.2) is 0 Å². The molecule has 0 aromatic heterocycles. The maximum absolute atomic E-state index is 12.4. The molecule has 102 valence electrons. The third kappa shape index (κ3) is 3.81. The van der Waals surface area contributed by atoms with Crippen molar-refractivity contribution >= 4 is 21.8 Å². The Morgan fingerprint density at radius 3 is 2.35 bits per heavy atom. The van der Waals surface area contributed by atoms with Crippen LogP contribution in [0, 0.1) is 0 Å². The fourth-order valence-electron chi connectivity index (χ4n) is 2.38. The van der Waals surface area contributed by atoms with Crippen LogP contribution in [0.2, 0.25) is 0 Å². The maximum Gasteiger partial charge on any atom is 0.281 e. The second kappa shape index (κ2) is 6.92. The molecule has 17 heavy (non-hydrogen) atoms. The lowest BCUT2D eigenvalue weighted by Gasteiger charge is -2.30. The van der Waals surface area contributed by atoms with Gasteiger partial charge in [-0.15, -0.1) is 11.6 Å². The second-order valence-electron chi connectivity index (χ2n) is 4.51. The standard InChI is InChI=1S/C11H23ClN2O2S/c1-3-14(11-7-4-5-8-11)17(15,16)13(2)10-6-9-12/h11H,3-10H2,1-2H3. The number of rotatable bonds is 7. The predicted molar refractivity (Wildman–Crippen MR) is 71.5 cm³/mol. The highest BCUT2D eigenvalue weighted by atomic mass is 35.5. The molecular weight excluding hydrogens is 260 g/mol. The number of alkyl halides is 1. The summed E-state index contributed by atoms with van der Waals surface area (Å²) in [5.74, 6) is 0.495. The smallest absolute Gasteiger partial charge is 0.195 e. The van der Waals surface area contributed by atoms with Crippen molar-refractivity contribution in [2.75, 3.05) is 26.0 Å². The van der Waals surface area contributed by atoms with Crippen molar-refractivity contribution in [1.29, 1.82) is 0 Å². The maximum atomic E-state index is 12.4. The molecule has 0 amide bonds. The number of halogens is 1. The van der Waals surface area contributed by atoms with E-state index in [2.05, 4.69) is 0 Å². The zero-order valence-electron chi connectivity index (χ0n) is 10.7. The van der Waals surface area contributed by atoms with Gasteiger partial charge in [0.15, 0.2) is 0 Å². The van der Waals surface area contributed by atoms with Gasteiger partial charge in [-0.25, -0.2) is 0 Å². The van der Waals surface area contributed by atoms with Crippen molar-refractivity contribution in [2.24, 2.45) is 0 Å². The molecule has 1 saturated carbocycles. The van der Waals surface area contributed by atoms with Gasteiger partial charge in [0, 0.05) is 32.1 Å². The summed E-state index contributed by atoms with van der Waals surface area (Å²) in [6.07, 6.45) is 4.97. The Labute approximate surface area is 110 Å². The minimum Gasteiger partial charge on any atom is -0.195 e. The molecule has 0 saturated heterocycles. The molecule has 0 aromatic rings. The van der Waals surface area contributed by atoms with Crippen LogP contribution >= 0.6 is 11.6 Å². The van der Waals surface area contributed by atoms with Gasteiger partial charge in [0.05, 0.1) is 0 Å². The molecular formula is C11H23ClN2O2S. The molecule has 4 nitrogen and oxygen atoms in total. The molecule has 0 bridgehead atoms. The number of hydrogen-bond donors (Lipinski definition) is 0. The second-order valence-corrected chi connectivity index (χ2v) is 6.88. The lowest BCUT2D eigenvalue weighted by Crippen LogP contribution is -2.46. The van der Waals surface area contributed by atoms with Crippen LogP contribution in [-0.2, 0) is 10.2 Å². The van der Waals surface area contributed by atoms with Gasteiger partial charge >= 0.3 is 0 Å². The van der Waals surface area contributed by atoms with Gasteiger partial charge in [-0.1, -0.05) is 19.8 Å². The minimum absolute atomic E-state index is 0.198. The van der Waals surface area contributed by atoms with Gasteiger partial charge in [-0.05, 0) is 19.3 Å². The SMILES string of the molecule is CCN(C1CCCC1)S(=O)(=O)N(C)CCCCl. The summed E-state index contributed by atoms with van der Waals surface area (Å²) < 4.78 is 27.8. The molecule has 1 rings (SSSR count). The van der Waals surface area contributed by atoms with E-state index in [-0.39, 0.29) is 6.04 Å². The van der Waals surface area contributed by atoms with Crippen molar-refractivity contribution in [3.63, 3.8) is 0 Å². The Kier molecular flexibility index (Phi) is 6.20. The molecule has 1 fully saturated rings. The van der Waals surface area contributed by atoms with E-state index in [0.717, 1.165) is 25.7 Å². The van der Waals surface area contributed by atoms with E-state index in [1.54, 1.807) is 11.4 Å². The highest BCUT2D eigenvalue weighted by Gasteiger charge is 2.33. The van der Waals surface area contributed by atoms with Crippen LogP contribution in [-0.4, -0.2) is 49.1 Å². The predicted octanol–water partition coefficient (Wildman–Crippen LogP) is 2.06. The normalized spacial score (nSPS) is 18.4. The summed E-state index contributed by atoms with van der Waals surface area (Å²) in [6.45, 7) is 2.96. The van der Waals surface area contributed by atoms with Gasteiger partial charge < -0.3 is 0 Å². The van der Waals surface area contributed by atoms with Gasteiger partial charge in [0.2, 0.25) is 0 Å². The van der Waals surface area contributed by atoms with E-state index in [1.165, 1.54) is 4.31 Å². The molecule has 0 heterocycles. The fraction of sp³-hybridized carbons (Fsp3) is 1.00. The first-order valence-electron chi connectivity index (χ1n) is 6.33. The Morgan fingerprint density at radius 2 is 1.88 bits per heavy atom. The molecule has 1 aliphatic carbocycles. The third-order valence-corrected chi connectivity index (χ3v) is 5.73. The molecule has 0 N–H and O–H groups in total. The first-order valence-corrected chi connectivity index (χ1v) is 8.26. The zero-order chi connectivity index (χ0) is 12.9. The molecule has 1 aliphatic rings. The van der Waals surface area contributed by atoms with Crippen LogP contribution in [0.4, 0.5) is 0 Å². The average Bonchev–Trinajstić information content (AvgIpc) is 2.79. The summed E-state index contributed by atoms with van der Waals surface area (Å²) in [6, 6.07) is 0.198. The van der Waals surface area contributed by atoms with Crippen molar-refractivity contribution in [2.45, 2.75) is 45.1 Å². The van der Waals surface area contributed by atoms with Crippen LogP contribution < -0.4 is 0 Å². The van der Waals surface area contributed by atoms with Crippen LogP contribution in [0.25, 0.3) is 0 Å². The molecule has 0 atom stereocenters. The van der Waals surface area contributed by atoms with Crippen LogP contribution in [0.3, 0.4) is 0 Å². The molecule has 0 radical (unpaired) electrons. The topological polar surface area (TPSA) is 40.6 Å². The fourth-order valence-corrected chi connectivity index (χ4v) is 4.13. The average molecular weight is 283 g/mol. The van der Waals surface area contributed by atoms with Crippen molar-refractivity contribution in [3.05, 3.63) is 0 Å². The van der Waals surface area contributed by atoms with Gasteiger partial charge in [-0.3, -0.25) is 0 Å². The molecule has 0 unspecified atom stereocenters. The largest absolute Gasteiger partial charge is 0.281 e. The van der Waals surface area contributed by atoms with Gasteiger partial charge in [0.1, 0.15) is 0 Å². The first-order chi connectivity index (χ1) is 8.04. The van der Waals surface area contributed by atoms with Crippen molar-refractivity contribution in [3.8, 4) is 0 Å². The minimum atomic E-state index is -3.30. The summed E-state index contributed by atoms with van der Waals surface area (Å²) in [5, 5.41) is 0. The first kappa shape index (κ1) is 15.2. The van der Waals surface area contributed by atoms with Crippen molar-refractivity contribution < 1.29 is 8.42 Å². The molecule has 0 spiro atoms. The highest BCUT2D eigenvalue weighted by Crippen LogP contribution is 2.26. The summed E-state index contributed by atoms with van der Waals surface area (Å²) >= 11 is 5.60. The zero-order valence-corrected chi connectivity index (χ0v) is 12.3. The Morgan fingerprint density at radius 1 is 1.29 bits per heavy atom. The quantitative estimate of drug-likeness (QED) is 0.671. The summed E-state index contributed by atoms with van der Waals surface area (Å²) in [5.41, 5.74) is 0. The van der Waals surface area contributed by atoms with E-state index < -0.39 is 10.2 Å². The van der Waals surface area contributed by atoms with Crippen LogP contribution in [0.1, 0.15) is 39.0 Å². The lowest BCUT2D eigenvalue weighted by atomic mass is 10.2. The van der Waals surface area contributed by atoms with Crippen molar-refractivity contribution in [1.82, 2.24) is 8.61 Å². The summed E-state index contributed by atoms with van der Waals surface area (Å²) in [7, 11) is -1.66. The Balaban J connectivity index is 2.70.